The summed E-state index contributed by atoms with van der Waals surface area (Å²) in [4.78, 5) is 15.8. The molecule has 0 unspecified atom stereocenters. The number of carbonyl (C=O) groups is 1. The monoisotopic (exact) mass is 568 g/mol. The van der Waals surface area contributed by atoms with Gasteiger partial charge in [0.15, 0.2) is 0 Å². The first-order valence-electron chi connectivity index (χ1n) is 9.90. The van der Waals surface area contributed by atoms with Crippen LogP contribution in [0.4, 0.5) is 0 Å². The van der Waals surface area contributed by atoms with Gasteiger partial charge in [0, 0.05) is 34.9 Å². The van der Waals surface area contributed by atoms with Crippen LogP contribution < -0.4 is 0 Å². The molecule has 6 nitrogen and oxygen atoms in total. The fraction of sp³-hybridized carbons (Fsp3) is 0.217. The maximum atomic E-state index is 12.8. The molecular formula is C23H22BrClN2O4S2. The summed E-state index contributed by atoms with van der Waals surface area (Å²) < 4.78 is 33.9. The zero-order valence-corrected chi connectivity index (χ0v) is 22.2. The van der Waals surface area contributed by atoms with Crippen molar-refractivity contribution >= 4 is 61.2 Å². The summed E-state index contributed by atoms with van der Waals surface area (Å²) in [5.41, 5.74) is 3.25. The summed E-state index contributed by atoms with van der Waals surface area (Å²) in [7, 11) is -0.450. The van der Waals surface area contributed by atoms with Crippen molar-refractivity contribution in [2.24, 2.45) is 4.40 Å². The van der Waals surface area contributed by atoms with Gasteiger partial charge >= 0.3 is 5.97 Å². The van der Waals surface area contributed by atoms with Gasteiger partial charge in [-0.05, 0) is 47.9 Å². The third kappa shape index (κ3) is 5.84. The number of thiophene rings is 1. The molecule has 174 valence electrons. The van der Waals surface area contributed by atoms with Crippen LogP contribution in [0.5, 0.6) is 0 Å². The molecule has 0 amide bonds. The van der Waals surface area contributed by atoms with Crippen LogP contribution in [-0.2, 0) is 20.1 Å². The molecular weight excluding hydrogens is 548 g/mol. The van der Waals surface area contributed by atoms with Gasteiger partial charge in [0.25, 0.3) is 10.0 Å². The molecule has 0 aliphatic carbocycles. The molecule has 0 fully saturated rings. The second-order valence-electron chi connectivity index (χ2n) is 7.16. The van der Waals surface area contributed by atoms with Gasteiger partial charge in [-0.1, -0.05) is 51.8 Å². The molecule has 0 radical (unpaired) electrons. The second kappa shape index (κ2) is 10.8. The van der Waals surface area contributed by atoms with E-state index < -0.39 is 16.0 Å². The lowest BCUT2D eigenvalue weighted by atomic mass is 9.99. The molecule has 0 N–H and O–H groups in total. The van der Waals surface area contributed by atoms with Crippen molar-refractivity contribution < 1.29 is 17.9 Å². The summed E-state index contributed by atoms with van der Waals surface area (Å²) in [6.45, 7) is 2.00. The summed E-state index contributed by atoms with van der Waals surface area (Å²) in [5, 5.41) is 1.11. The van der Waals surface area contributed by atoms with E-state index in [1.54, 1.807) is 50.2 Å². The Labute approximate surface area is 211 Å². The van der Waals surface area contributed by atoms with Gasteiger partial charge in [-0.2, -0.15) is 8.42 Å². The molecule has 0 spiro atoms. The number of esters is 1. The maximum Gasteiger partial charge on any atom is 0.348 e. The molecule has 33 heavy (non-hydrogen) atoms. The Bertz CT molecular complexity index is 1270. The fourth-order valence-corrected chi connectivity index (χ4v) is 6.11. The summed E-state index contributed by atoms with van der Waals surface area (Å²) >= 11 is 10.9. The lowest BCUT2D eigenvalue weighted by molar-refractivity contribution is 0.0533. The number of alkyl halides is 1. The number of nitrogens with zero attached hydrogens (tertiary/aromatic N) is 2. The highest BCUT2D eigenvalue weighted by Crippen LogP contribution is 2.44. The third-order valence-corrected chi connectivity index (χ3v) is 7.88. The lowest BCUT2D eigenvalue weighted by Gasteiger charge is -2.09. The van der Waals surface area contributed by atoms with E-state index in [1.807, 2.05) is 12.1 Å². The Hall–Kier alpha value is -2.20. The molecule has 3 rings (SSSR count). The van der Waals surface area contributed by atoms with Crippen molar-refractivity contribution in [2.75, 3.05) is 20.7 Å². The van der Waals surface area contributed by atoms with Crippen molar-refractivity contribution in [3.05, 3.63) is 64.0 Å². The van der Waals surface area contributed by atoms with Crippen molar-refractivity contribution in [3.8, 4) is 21.6 Å². The molecule has 0 atom stereocenters. The van der Waals surface area contributed by atoms with Crippen LogP contribution in [0.3, 0.4) is 0 Å². The van der Waals surface area contributed by atoms with E-state index in [0.29, 0.717) is 26.4 Å². The molecule has 0 aliphatic heterocycles. The van der Waals surface area contributed by atoms with Gasteiger partial charge in [0.2, 0.25) is 0 Å². The highest BCUT2D eigenvalue weighted by molar-refractivity contribution is 9.08. The molecule has 10 heteroatoms. The van der Waals surface area contributed by atoms with Crippen molar-refractivity contribution in [2.45, 2.75) is 17.1 Å². The van der Waals surface area contributed by atoms with E-state index in [4.69, 9.17) is 16.3 Å². The standard InChI is InChI=1S/C23H22BrClN2O4S2/c1-4-31-23(28)22-20(19(13-24)21(32-22)16-5-9-17(25)10-6-16)15-7-11-18(12-8-15)33(29,30)26-14-27(2)3/h5-12,14H,4,13H2,1-3H3. The van der Waals surface area contributed by atoms with Crippen LogP contribution in [0.25, 0.3) is 21.6 Å². The first-order chi connectivity index (χ1) is 15.7. The average Bonchev–Trinajstić information content (AvgIpc) is 3.18. The zero-order chi connectivity index (χ0) is 24.2. The van der Waals surface area contributed by atoms with E-state index in [0.717, 1.165) is 16.0 Å². The number of hydrogen-bond acceptors (Lipinski definition) is 5. The van der Waals surface area contributed by atoms with Gasteiger partial charge < -0.3 is 9.64 Å². The fourth-order valence-electron chi connectivity index (χ4n) is 3.08. The Morgan fingerprint density at radius 1 is 1.12 bits per heavy atom. The predicted octanol–water partition coefficient (Wildman–Crippen LogP) is 6.09. The molecule has 1 heterocycles. The number of ether oxygens (including phenoxy) is 1. The minimum atomic E-state index is -3.83. The van der Waals surface area contributed by atoms with Crippen LogP contribution in [0.15, 0.2) is 57.8 Å². The van der Waals surface area contributed by atoms with Crippen LogP contribution in [0, 0.1) is 0 Å². The van der Waals surface area contributed by atoms with Gasteiger partial charge in [0.1, 0.15) is 11.2 Å². The Morgan fingerprint density at radius 3 is 2.27 bits per heavy atom. The summed E-state index contributed by atoms with van der Waals surface area (Å²) in [5.74, 6) is -0.424. The number of rotatable bonds is 8. The topological polar surface area (TPSA) is 76.0 Å². The normalized spacial score (nSPS) is 11.7. The van der Waals surface area contributed by atoms with E-state index in [-0.39, 0.29) is 11.5 Å². The summed E-state index contributed by atoms with van der Waals surface area (Å²) in [6.07, 6.45) is 1.24. The van der Waals surface area contributed by atoms with E-state index >= 15 is 0 Å². The molecule has 0 bridgehead atoms. The molecule has 0 saturated carbocycles. The van der Waals surface area contributed by atoms with Crippen LogP contribution in [0.2, 0.25) is 5.02 Å². The lowest BCUT2D eigenvalue weighted by Crippen LogP contribution is -2.10. The Balaban J connectivity index is 2.14. The largest absolute Gasteiger partial charge is 0.462 e. The van der Waals surface area contributed by atoms with Gasteiger partial charge in [0.05, 0.1) is 11.5 Å². The number of carbonyl (C=O) groups excluding carboxylic acids is 1. The highest BCUT2D eigenvalue weighted by atomic mass is 79.9. The van der Waals surface area contributed by atoms with E-state index in [9.17, 15) is 13.2 Å². The number of sulfonamides is 1. The van der Waals surface area contributed by atoms with Crippen molar-refractivity contribution in [3.63, 3.8) is 0 Å². The summed E-state index contributed by atoms with van der Waals surface area (Å²) in [6, 6.07) is 13.7. The third-order valence-electron chi connectivity index (χ3n) is 4.57. The van der Waals surface area contributed by atoms with Crippen LogP contribution in [0.1, 0.15) is 22.2 Å². The maximum absolute atomic E-state index is 12.8. The van der Waals surface area contributed by atoms with Crippen molar-refractivity contribution in [1.29, 1.82) is 0 Å². The smallest absolute Gasteiger partial charge is 0.348 e. The number of halogens is 2. The van der Waals surface area contributed by atoms with Gasteiger partial charge in [-0.15, -0.1) is 15.7 Å². The quantitative estimate of drug-likeness (QED) is 0.142. The average molecular weight is 570 g/mol. The minimum absolute atomic E-state index is 0.0654. The van der Waals surface area contributed by atoms with Gasteiger partial charge in [-0.3, -0.25) is 0 Å². The Kier molecular flexibility index (Phi) is 8.33. The number of hydrogen-bond donors (Lipinski definition) is 0. The first kappa shape index (κ1) is 25.4. The minimum Gasteiger partial charge on any atom is -0.462 e. The number of benzene rings is 2. The SMILES string of the molecule is CCOC(=O)c1sc(-c2ccc(Cl)cc2)c(CBr)c1-c1ccc(S(=O)(=O)N=CN(C)C)cc1. The first-order valence-corrected chi connectivity index (χ1v) is 13.7. The molecule has 0 aliphatic rings. The highest BCUT2D eigenvalue weighted by Gasteiger charge is 2.25. The molecule has 3 aromatic rings. The van der Waals surface area contributed by atoms with Crippen LogP contribution >= 0.6 is 38.9 Å². The van der Waals surface area contributed by atoms with Crippen LogP contribution in [-0.4, -0.2) is 46.3 Å². The molecule has 0 saturated heterocycles. The molecule has 2 aromatic carbocycles. The predicted molar refractivity (Wildman–Crippen MR) is 138 cm³/mol. The second-order valence-corrected chi connectivity index (χ2v) is 10.8. The Morgan fingerprint density at radius 2 is 1.73 bits per heavy atom. The van der Waals surface area contributed by atoms with Gasteiger partial charge in [-0.25, -0.2) is 4.79 Å². The molecule has 1 aromatic heterocycles. The van der Waals surface area contributed by atoms with E-state index in [1.165, 1.54) is 29.8 Å². The van der Waals surface area contributed by atoms with Crippen molar-refractivity contribution in [1.82, 2.24) is 4.90 Å². The zero-order valence-electron chi connectivity index (χ0n) is 18.2. The van der Waals surface area contributed by atoms with E-state index in [2.05, 4.69) is 20.3 Å².